The quantitative estimate of drug-likeness (QED) is 0.844. The molecule has 0 bridgehead atoms. The second-order valence-corrected chi connectivity index (χ2v) is 3.38. The molecule has 0 spiro atoms. The van der Waals surface area contributed by atoms with Gasteiger partial charge < -0.3 is 14.4 Å². The van der Waals surface area contributed by atoms with E-state index in [-0.39, 0.29) is 11.6 Å². The summed E-state index contributed by atoms with van der Waals surface area (Å²) in [6, 6.07) is 4.43. The van der Waals surface area contributed by atoms with Crippen LogP contribution in [0.25, 0.3) is 11.4 Å². The van der Waals surface area contributed by atoms with Gasteiger partial charge in [0.1, 0.15) is 5.82 Å². The van der Waals surface area contributed by atoms with E-state index in [1.165, 1.54) is 25.4 Å². The lowest BCUT2D eigenvalue weighted by Crippen LogP contribution is -1.93. The maximum Gasteiger partial charge on any atom is 0.229 e. The summed E-state index contributed by atoms with van der Waals surface area (Å²) < 4.78 is 19.7. The summed E-state index contributed by atoms with van der Waals surface area (Å²) in [5, 5.41) is 9.24. The normalized spacial score (nSPS) is 10.4. The molecular formula is C11H11FN2O2. The molecule has 1 aromatic carbocycles. The molecule has 0 saturated carbocycles. The number of nitrogens with zero attached hydrogens (tertiary/aromatic N) is 2. The van der Waals surface area contributed by atoms with Crippen molar-refractivity contribution >= 4 is 0 Å². The standard InChI is InChI=1S/C11H11FN2O2/c1-14-6-10(15)13-11(14)7-3-4-8(12)9(5-7)16-2/h3-6,15H,1-2H3. The third kappa shape index (κ3) is 1.71. The Morgan fingerprint density at radius 3 is 2.75 bits per heavy atom. The van der Waals surface area contributed by atoms with Crippen LogP contribution in [0.3, 0.4) is 0 Å². The number of hydrogen-bond acceptors (Lipinski definition) is 3. The largest absolute Gasteiger partial charge is 0.494 e. The number of ether oxygens (including phenoxy) is 1. The van der Waals surface area contributed by atoms with Crippen LogP contribution in [0.4, 0.5) is 4.39 Å². The summed E-state index contributed by atoms with van der Waals surface area (Å²) in [7, 11) is 3.15. The van der Waals surface area contributed by atoms with Gasteiger partial charge in [0.2, 0.25) is 5.88 Å². The fourth-order valence-corrected chi connectivity index (χ4v) is 1.52. The summed E-state index contributed by atoms with van der Waals surface area (Å²) in [6.45, 7) is 0. The maximum absolute atomic E-state index is 13.2. The first-order chi connectivity index (χ1) is 7.61. The molecule has 5 heteroatoms. The van der Waals surface area contributed by atoms with E-state index in [0.717, 1.165) is 0 Å². The number of hydrogen-bond donors (Lipinski definition) is 1. The zero-order chi connectivity index (χ0) is 11.7. The summed E-state index contributed by atoms with van der Waals surface area (Å²) in [5.74, 6) is 0.210. The first kappa shape index (κ1) is 10.5. The molecule has 0 unspecified atom stereocenters. The lowest BCUT2D eigenvalue weighted by molar-refractivity contribution is 0.386. The lowest BCUT2D eigenvalue weighted by atomic mass is 10.2. The highest BCUT2D eigenvalue weighted by Gasteiger charge is 2.10. The van der Waals surface area contributed by atoms with Crippen molar-refractivity contribution in [3.05, 3.63) is 30.2 Å². The van der Waals surface area contributed by atoms with Crippen molar-refractivity contribution < 1.29 is 14.2 Å². The highest BCUT2D eigenvalue weighted by Crippen LogP contribution is 2.26. The molecule has 0 aliphatic carbocycles. The van der Waals surface area contributed by atoms with E-state index in [1.807, 2.05) is 0 Å². The van der Waals surface area contributed by atoms with Gasteiger partial charge in [-0.15, -0.1) is 0 Å². The molecule has 0 aliphatic rings. The van der Waals surface area contributed by atoms with Crippen LogP contribution >= 0.6 is 0 Å². The Morgan fingerprint density at radius 1 is 1.44 bits per heavy atom. The summed E-state index contributed by atoms with van der Waals surface area (Å²) in [4.78, 5) is 3.93. The predicted octanol–water partition coefficient (Wildman–Crippen LogP) is 1.94. The zero-order valence-corrected chi connectivity index (χ0v) is 8.94. The van der Waals surface area contributed by atoms with Crippen LogP contribution in [0.1, 0.15) is 0 Å². The fraction of sp³-hybridized carbons (Fsp3) is 0.182. The van der Waals surface area contributed by atoms with Gasteiger partial charge in [-0.25, -0.2) is 4.39 Å². The minimum Gasteiger partial charge on any atom is -0.494 e. The molecule has 0 atom stereocenters. The monoisotopic (exact) mass is 222 g/mol. The number of methoxy groups -OCH3 is 1. The van der Waals surface area contributed by atoms with E-state index in [2.05, 4.69) is 4.98 Å². The minimum atomic E-state index is -0.426. The van der Waals surface area contributed by atoms with E-state index in [1.54, 1.807) is 17.7 Å². The Hall–Kier alpha value is -2.04. The lowest BCUT2D eigenvalue weighted by Gasteiger charge is -2.05. The van der Waals surface area contributed by atoms with Gasteiger partial charge in [0.25, 0.3) is 0 Å². The number of aromatic nitrogens is 2. The molecule has 2 aromatic rings. The van der Waals surface area contributed by atoms with E-state index >= 15 is 0 Å². The van der Waals surface area contributed by atoms with Crippen LogP contribution in [0, 0.1) is 5.82 Å². The van der Waals surface area contributed by atoms with Gasteiger partial charge in [-0.1, -0.05) is 0 Å². The van der Waals surface area contributed by atoms with E-state index in [9.17, 15) is 9.50 Å². The van der Waals surface area contributed by atoms with Crippen LogP contribution in [0.2, 0.25) is 0 Å². The van der Waals surface area contributed by atoms with Gasteiger partial charge in [-0.3, -0.25) is 0 Å². The SMILES string of the molecule is COc1cc(-c2nc(O)cn2C)ccc1F. The second kappa shape index (κ2) is 3.84. The van der Waals surface area contributed by atoms with Crippen LogP contribution in [0.5, 0.6) is 11.6 Å². The van der Waals surface area contributed by atoms with Crippen LogP contribution in [-0.4, -0.2) is 21.8 Å². The molecule has 0 saturated heterocycles. The average Bonchev–Trinajstić information content (AvgIpc) is 2.59. The number of benzene rings is 1. The summed E-state index contributed by atoms with van der Waals surface area (Å²) >= 11 is 0. The molecule has 0 fully saturated rings. The van der Waals surface area contributed by atoms with Crippen molar-refractivity contribution in [2.75, 3.05) is 7.11 Å². The number of rotatable bonds is 2. The second-order valence-electron chi connectivity index (χ2n) is 3.38. The molecular weight excluding hydrogens is 211 g/mol. The first-order valence-corrected chi connectivity index (χ1v) is 4.68. The summed E-state index contributed by atoms with van der Waals surface area (Å²) in [6.07, 6.45) is 1.48. The van der Waals surface area contributed by atoms with Gasteiger partial charge in [0, 0.05) is 12.6 Å². The molecule has 16 heavy (non-hydrogen) atoms. The Balaban J connectivity index is 2.52. The highest BCUT2D eigenvalue weighted by atomic mass is 19.1. The van der Waals surface area contributed by atoms with Gasteiger partial charge in [0.05, 0.1) is 13.3 Å². The van der Waals surface area contributed by atoms with Crippen molar-refractivity contribution in [1.29, 1.82) is 0 Å². The maximum atomic E-state index is 13.2. The van der Waals surface area contributed by atoms with Crippen LogP contribution < -0.4 is 4.74 Å². The van der Waals surface area contributed by atoms with Crippen LogP contribution in [-0.2, 0) is 7.05 Å². The Kier molecular flexibility index (Phi) is 2.52. The van der Waals surface area contributed by atoms with Gasteiger partial charge >= 0.3 is 0 Å². The average molecular weight is 222 g/mol. The number of aryl methyl sites for hydroxylation is 1. The molecule has 0 amide bonds. The van der Waals surface area contributed by atoms with Gasteiger partial charge in [-0.2, -0.15) is 4.98 Å². The molecule has 0 radical (unpaired) electrons. The molecule has 2 rings (SSSR count). The van der Waals surface area contributed by atoms with Crippen molar-refractivity contribution in [2.24, 2.45) is 7.05 Å². The molecule has 1 N–H and O–H groups in total. The van der Waals surface area contributed by atoms with Crippen LogP contribution in [0.15, 0.2) is 24.4 Å². The Labute approximate surface area is 91.9 Å². The molecule has 4 nitrogen and oxygen atoms in total. The minimum absolute atomic E-state index is 0.0687. The van der Waals surface area contributed by atoms with Crippen molar-refractivity contribution in [1.82, 2.24) is 9.55 Å². The number of imidazole rings is 1. The third-order valence-corrected chi connectivity index (χ3v) is 2.27. The molecule has 84 valence electrons. The smallest absolute Gasteiger partial charge is 0.229 e. The van der Waals surface area contributed by atoms with E-state index in [0.29, 0.717) is 11.4 Å². The predicted molar refractivity (Wildman–Crippen MR) is 56.8 cm³/mol. The van der Waals surface area contributed by atoms with Gasteiger partial charge in [0.15, 0.2) is 11.6 Å². The third-order valence-electron chi connectivity index (χ3n) is 2.27. The Bertz CT molecular complexity index is 523. The summed E-state index contributed by atoms with van der Waals surface area (Å²) in [5.41, 5.74) is 0.682. The zero-order valence-electron chi connectivity index (χ0n) is 8.94. The molecule has 0 aliphatic heterocycles. The number of aromatic hydroxyl groups is 1. The molecule has 1 heterocycles. The first-order valence-electron chi connectivity index (χ1n) is 4.68. The van der Waals surface area contributed by atoms with E-state index < -0.39 is 5.82 Å². The van der Waals surface area contributed by atoms with Crippen molar-refractivity contribution in [3.8, 4) is 23.0 Å². The van der Waals surface area contributed by atoms with E-state index in [4.69, 9.17) is 4.74 Å². The number of halogens is 1. The highest BCUT2D eigenvalue weighted by molar-refractivity contribution is 5.59. The van der Waals surface area contributed by atoms with Gasteiger partial charge in [-0.05, 0) is 18.2 Å². The topological polar surface area (TPSA) is 47.3 Å². The Morgan fingerprint density at radius 2 is 2.19 bits per heavy atom. The fourth-order valence-electron chi connectivity index (χ4n) is 1.52. The molecule has 1 aromatic heterocycles. The van der Waals surface area contributed by atoms with Crippen molar-refractivity contribution in [3.63, 3.8) is 0 Å². The van der Waals surface area contributed by atoms with Crippen molar-refractivity contribution in [2.45, 2.75) is 0 Å².